The fourth-order valence-corrected chi connectivity index (χ4v) is 1.74. The third kappa shape index (κ3) is 4.46. The minimum atomic E-state index is -1.36. The highest BCUT2D eigenvalue weighted by Gasteiger charge is 2.23. The molecule has 0 bridgehead atoms. The van der Waals surface area contributed by atoms with Gasteiger partial charge in [0, 0.05) is 19.3 Å². The summed E-state index contributed by atoms with van der Waals surface area (Å²) in [4.78, 5) is 16.3. The van der Waals surface area contributed by atoms with E-state index in [0.29, 0.717) is 6.54 Å². The number of anilines is 1. The van der Waals surface area contributed by atoms with Gasteiger partial charge in [0.05, 0.1) is 5.60 Å². The van der Waals surface area contributed by atoms with Crippen LogP contribution in [-0.2, 0) is 0 Å². The smallest absolute Gasteiger partial charge is 0.338 e. The molecule has 0 saturated carbocycles. The maximum absolute atomic E-state index is 13.8. The number of aliphatic hydroxyl groups is 1. The van der Waals surface area contributed by atoms with Gasteiger partial charge in [0.25, 0.3) is 0 Å². The van der Waals surface area contributed by atoms with Crippen LogP contribution in [-0.4, -0.2) is 58.9 Å². The van der Waals surface area contributed by atoms with Gasteiger partial charge in [-0.1, -0.05) is 0 Å². The van der Waals surface area contributed by atoms with Gasteiger partial charge in [-0.3, -0.25) is 0 Å². The van der Waals surface area contributed by atoms with Crippen LogP contribution in [0.3, 0.4) is 0 Å². The lowest BCUT2D eigenvalue weighted by Crippen LogP contribution is -2.43. The van der Waals surface area contributed by atoms with Crippen LogP contribution in [0, 0.1) is 5.82 Å². The molecule has 0 amide bonds. The number of carboxylic acid groups (broad SMARTS) is 1. The van der Waals surface area contributed by atoms with Gasteiger partial charge in [-0.2, -0.15) is 0 Å². The van der Waals surface area contributed by atoms with Crippen LogP contribution in [0.15, 0.2) is 12.3 Å². The average molecular weight is 271 g/mol. The molecule has 19 heavy (non-hydrogen) atoms. The summed E-state index contributed by atoms with van der Waals surface area (Å²) in [7, 11) is 3.61. The first-order valence-corrected chi connectivity index (χ1v) is 5.72. The Labute approximate surface area is 110 Å². The Morgan fingerprint density at radius 1 is 1.58 bits per heavy atom. The highest BCUT2D eigenvalue weighted by Crippen LogP contribution is 2.16. The second-order valence-corrected chi connectivity index (χ2v) is 4.91. The van der Waals surface area contributed by atoms with Gasteiger partial charge < -0.3 is 20.4 Å². The van der Waals surface area contributed by atoms with E-state index in [2.05, 4.69) is 10.3 Å². The largest absolute Gasteiger partial charge is 0.478 e. The SMILES string of the molecule is CN(C)CC(C)(O)CNc1nccc(C(=O)O)c1F. The molecule has 0 aliphatic carbocycles. The van der Waals surface area contributed by atoms with Crippen LogP contribution >= 0.6 is 0 Å². The van der Waals surface area contributed by atoms with Crippen LogP contribution in [0.25, 0.3) is 0 Å². The summed E-state index contributed by atoms with van der Waals surface area (Å²) in [5, 5.41) is 21.5. The van der Waals surface area contributed by atoms with Crippen molar-refractivity contribution in [2.24, 2.45) is 0 Å². The lowest BCUT2D eigenvalue weighted by Gasteiger charge is -2.27. The summed E-state index contributed by atoms with van der Waals surface area (Å²) in [5.41, 5.74) is -1.54. The average Bonchev–Trinajstić information content (AvgIpc) is 2.25. The summed E-state index contributed by atoms with van der Waals surface area (Å²) in [6.45, 7) is 2.03. The molecule has 1 rings (SSSR count). The normalized spacial score (nSPS) is 14.2. The van der Waals surface area contributed by atoms with Gasteiger partial charge in [0.1, 0.15) is 5.56 Å². The van der Waals surface area contributed by atoms with E-state index in [4.69, 9.17) is 5.11 Å². The number of likely N-dealkylation sites (N-methyl/N-ethyl adjacent to an activating group) is 1. The zero-order valence-electron chi connectivity index (χ0n) is 11.1. The fraction of sp³-hybridized carbons (Fsp3) is 0.500. The number of halogens is 1. The molecule has 0 radical (unpaired) electrons. The number of aromatic nitrogens is 1. The third-order valence-electron chi connectivity index (χ3n) is 2.41. The molecule has 0 fully saturated rings. The van der Waals surface area contributed by atoms with E-state index < -0.39 is 23.0 Å². The van der Waals surface area contributed by atoms with E-state index in [0.717, 1.165) is 6.07 Å². The molecule has 106 valence electrons. The van der Waals surface area contributed by atoms with Crippen molar-refractivity contribution in [3.05, 3.63) is 23.6 Å². The van der Waals surface area contributed by atoms with Crippen LogP contribution in [0.5, 0.6) is 0 Å². The van der Waals surface area contributed by atoms with Crippen molar-refractivity contribution in [1.82, 2.24) is 9.88 Å². The van der Waals surface area contributed by atoms with Gasteiger partial charge >= 0.3 is 5.97 Å². The molecular weight excluding hydrogens is 253 g/mol. The number of carboxylic acids is 1. The van der Waals surface area contributed by atoms with Gasteiger partial charge in [-0.15, -0.1) is 0 Å². The maximum atomic E-state index is 13.8. The Kier molecular flexibility index (Phi) is 4.79. The number of hydrogen-bond donors (Lipinski definition) is 3. The molecule has 1 atom stereocenters. The summed E-state index contributed by atoms with van der Waals surface area (Å²) >= 11 is 0. The molecule has 1 aromatic heterocycles. The molecule has 3 N–H and O–H groups in total. The molecule has 1 aromatic rings. The number of hydrogen-bond acceptors (Lipinski definition) is 5. The lowest BCUT2D eigenvalue weighted by molar-refractivity contribution is 0.0458. The number of aromatic carboxylic acids is 1. The second-order valence-electron chi connectivity index (χ2n) is 4.91. The van der Waals surface area contributed by atoms with E-state index in [-0.39, 0.29) is 12.4 Å². The topological polar surface area (TPSA) is 85.7 Å². The summed E-state index contributed by atoms with van der Waals surface area (Å²) in [6, 6.07) is 1.08. The van der Waals surface area contributed by atoms with Crippen LogP contribution in [0.4, 0.5) is 10.2 Å². The molecule has 0 aromatic carbocycles. The summed E-state index contributed by atoms with van der Waals surface area (Å²) in [5.74, 6) is -2.47. The summed E-state index contributed by atoms with van der Waals surface area (Å²) in [6.07, 6.45) is 1.20. The lowest BCUT2D eigenvalue weighted by atomic mass is 10.1. The van der Waals surface area contributed by atoms with Crippen molar-refractivity contribution in [3.63, 3.8) is 0 Å². The zero-order chi connectivity index (χ0) is 14.6. The molecule has 6 nitrogen and oxygen atoms in total. The summed E-state index contributed by atoms with van der Waals surface area (Å²) < 4.78 is 13.8. The molecule has 0 aliphatic rings. The first-order chi connectivity index (χ1) is 8.73. The van der Waals surface area contributed by atoms with E-state index in [1.54, 1.807) is 25.9 Å². The van der Waals surface area contributed by atoms with Crippen LogP contribution < -0.4 is 5.32 Å². The zero-order valence-corrected chi connectivity index (χ0v) is 11.1. The van der Waals surface area contributed by atoms with E-state index in [9.17, 15) is 14.3 Å². The Balaban J connectivity index is 2.78. The Morgan fingerprint density at radius 3 is 2.74 bits per heavy atom. The van der Waals surface area contributed by atoms with E-state index in [1.807, 2.05) is 0 Å². The van der Waals surface area contributed by atoms with E-state index >= 15 is 0 Å². The van der Waals surface area contributed by atoms with E-state index in [1.165, 1.54) is 6.20 Å². The first-order valence-electron chi connectivity index (χ1n) is 5.72. The van der Waals surface area contributed by atoms with Crippen molar-refractivity contribution in [2.75, 3.05) is 32.5 Å². The minimum Gasteiger partial charge on any atom is -0.478 e. The van der Waals surface area contributed by atoms with Crippen molar-refractivity contribution >= 4 is 11.8 Å². The highest BCUT2D eigenvalue weighted by atomic mass is 19.1. The maximum Gasteiger partial charge on any atom is 0.338 e. The molecule has 1 unspecified atom stereocenters. The van der Waals surface area contributed by atoms with Crippen LogP contribution in [0.1, 0.15) is 17.3 Å². The van der Waals surface area contributed by atoms with Crippen LogP contribution in [0.2, 0.25) is 0 Å². The number of carbonyl (C=O) groups is 1. The molecule has 1 heterocycles. The van der Waals surface area contributed by atoms with Crippen molar-refractivity contribution in [3.8, 4) is 0 Å². The monoisotopic (exact) mass is 271 g/mol. The molecule has 0 aliphatic heterocycles. The van der Waals surface area contributed by atoms with Gasteiger partial charge in [-0.25, -0.2) is 14.2 Å². The quantitative estimate of drug-likeness (QED) is 0.704. The van der Waals surface area contributed by atoms with Gasteiger partial charge in [-0.05, 0) is 27.1 Å². The predicted octanol–water partition coefficient (Wildman–Crippen LogP) is 0.643. The minimum absolute atomic E-state index is 0.0537. The molecule has 0 saturated heterocycles. The van der Waals surface area contributed by atoms with Gasteiger partial charge in [0.15, 0.2) is 11.6 Å². The first kappa shape index (κ1) is 15.3. The number of rotatable bonds is 6. The molecule has 0 spiro atoms. The number of nitrogens with one attached hydrogen (secondary N) is 1. The van der Waals surface area contributed by atoms with Crippen molar-refractivity contribution < 1.29 is 19.4 Å². The van der Waals surface area contributed by atoms with Crippen molar-refractivity contribution in [1.29, 1.82) is 0 Å². The standard InChI is InChI=1S/C12H18FN3O3/c1-12(19,7-16(2)3)6-15-10-9(13)8(11(17)18)4-5-14-10/h4-5,19H,6-7H2,1-3H3,(H,14,15)(H,17,18). The molecular formula is C12H18FN3O3. The van der Waals surface area contributed by atoms with Crippen molar-refractivity contribution in [2.45, 2.75) is 12.5 Å². The fourth-order valence-electron chi connectivity index (χ4n) is 1.74. The number of pyridine rings is 1. The second kappa shape index (κ2) is 5.94. The Hall–Kier alpha value is -1.73. The van der Waals surface area contributed by atoms with Gasteiger partial charge in [0.2, 0.25) is 0 Å². The highest BCUT2D eigenvalue weighted by molar-refractivity contribution is 5.88. The predicted molar refractivity (Wildman–Crippen MR) is 68.8 cm³/mol. The third-order valence-corrected chi connectivity index (χ3v) is 2.41. The Bertz CT molecular complexity index is 464. The number of nitrogens with zero attached hydrogens (tertiary/aromatic N) is 2. The Morgan fingerprint density at radius 2 is 2.21 bits per heavy atom. The molecule has 7 heteroatoms.